The lowest BCUT2D eigenvalue weighted by molar-refractivity contribution is 0.130. The van der Waals surface area contributed by atoms with Crippen LogP contribution in [-0.4, -0.2) is 61.3 Å². The summed E-state index contributed by atoms with van der Waals surface area (Å²) in [4.78, 5) is 4.46. The maximum atomic E-state index is 9.21. The number of aliphatic hydroxyl groups excluding tert-OH is 1. The third-order valence-electron chi connectivity index (χ3n) is 2.33. The van der Waals surface area contributed by atoms with E-state index >= 15 is 0 Å². The molecule has 0 saturated carbocycles. The van der Waals surface area contributed by atoms with Gasteiger partial charge < -0.3 is 14.9 Å². The molecule has 0 aromatic carbocycles. The van der Waals surface area contributed by atoms with Crippen molar-refractivity contribution in [3.8, 4) is 0 Å². The van der Waals surface area contributed by atoms with E-state index in [1.807, 2.05) is 6.92 Å². The summed E-state index contributed by atoms with van der Waals surface area (Å²) >= 11 is 0. The zero-order valence-electron chi connectivity index (χ0n) is 9.62. The average Bonchev–Trinajstić information content (AvgIpc) is 1.98. The number of aliphatic hydroxyl groups is 1. The second-order valence-corrected chi connectivity index (χ2v) is 4.22. The molecule has 0 aromatic rings. The van der Waals surface area contributed by atoms with Crippen molar-refractivity contribution in [2.45, 2.75) is 32.4 Å². The zero-order chi connectivity index (χ0) is 10.4. The number of hydrogen-bond acceptors (Lipinski definition) is 3. The quantitative estimate of drug-likeness (QED) is 0.662. The molecule has 1 N–H and O–H groups in total. The van der Waals surface area contributed by atoms with Crippen molar-refractivity contribution < 1.29 is 5.11 Å². The Hall–Kier alpha value is -0.120. The van der Waals surface area contributed by atoms with E-state index < -0.39 is 0 Å². The molecule has 0 spiro atoms. The summed E-state index contributed by atoms with van der Waals surface area (Å²) in [6, 6.07) is 0.458. The van der Waals surface area contributed by atoms with Gasteiger partial charge in [-0.2, -0.15) is 0 Å². The van der Waals surface area contributed by atoms with Crippen LogP contribution in [-0.2, 0) is 0 Å². The first kappa shape index (κ1) is 12.9. The van der Waals surface area contributed by atoms with Crippen LogP contribution in [0.25, 0.3) is 0 Å². The highest BCUT2D eigenvalue weighted by Gasteiger charge is 2.11. The van der Waals surface area contributed by atoms with Gasteiger partial charge in [-0.15, -0.1) is 0 Å². The fourth-order valence-electron chi connectivity index (χ4n) is 1.25. The van der Waals surface area contributed by atoms with Gasteiger partial charge in [0.25, 0.3) is 0 Å². The van der Waals surface area contributed by atoms with E-state index in [2.05, 4.69) is 37.9 Å². The molecule has 0 aliphatic rings. The first-order chi connectivity index (χ1) is 5.93. The lowest BCUT2D eigenvalue weighted by Gasteiger charge is -2.26. The summed E-state index contributed by atoms with van der Waals surface area (Å²) in [6.07, 6.45) is 0.654. The minimum atomic E-state index is -0.197. The van der Waals surface area contributed by atoms with Crippen LogP contribution in [0.15, 0.2) is 0 Å². The molecule has 0 aliphatic carbocycles. The fourth-order valence-corrected chi connectivity index (χ4v) is 1.25. The van der Waals surface area contributed by atoms with Crippen molar-refractivity contribution in [2.24, 2.45) is 0 Å². The maximum Gasteiger partial charge on any atom is 0.0526 e. The molecule has 0 amide bonds. The molecule has 0 aromatic heterocycles. The maximum absolute atomic E-state index is 9.21. The summed E-state index contributed by atoms with van der Waals surface area (Å²) in [5.41, 5.74) is 0. The Bertz CT molecular complexity index is 126. The highest BCUT2D eigenvalue weighted by atomic mass is 16.3. The Morgan fingerprint density at radius 1 is 1.08 bits per heavy atom. The lowest BCUT2D eigenvalue weighted by Crippen LogP contribution is -2.36. The van der Waals surface area contributed by atoms with Crippen LogP contribution in [0.4, 0.5) is 0 Å². The van der Waals surface area contributed by atoms with Crippen molar-refractivity contribution in [3.05, 3.63) is 0 Å². The van der Waals surface area contributed by atoms with E-state index in [-0.39, 0.29) is 6.10 Å². The Labute approximate surface area is 82.3 Å². The van der Waals surface area contributed by atoms with E-state index in [0.717, 1.165) is 19.5 Å². The van der Waals surface area contributed by atoms with Gasteiger partial charge >= 0.3 is 0 Å². The lowest BCUT2D eigenvalue weighted by atomic mass is 10.1. The molecule has 0 saturated heterocycles. The highest BCUT2D eigenvalue weighted by Crippen LogP contribution is 2.03. The molecule has 3 heteroatoms. The molecule has 0 heterocycles. The Morgan fingerprint density at radius 2 is 1.62 bits per heavy atom. The van der Waals surface area contributed by atoms with Gasteiger partial charge in [0.05, 0.1) is 6.10 Å². The fraction of sp³-hybridized carbons (Fsp3) is 1.00. The molecule has 0 radical (unpaired) electrons. The van der Waals surface area contributed by atoms with Gasteiger partial charge in [-0.3, -0.25) is 0 Å². The molecule has 3 nitrogen and oxygen atoms in total. The first-order valence-corrected chi connectivity index (χ1v) is 4.96. The highest BCUT2D eigenvalue weighted by molar-refractivity contribution is 4.66. The van der Waals surface area contributed by atoms with Gasteiger partial charge in [0.1, 0.15) is 0 Å². The van der Waals surface area contributed by atoms with Gasteiger partial charge in [-0.1, -0.05) is 0 Å². The minimum absolute atomic E-state index is 0.197. The van der Waals surface area contributed by atoms with Crippen LogP contribution >= 0.6 is 0 Å². The second kappa shape index (κ2) is 6.35. The summed E-state index contributed by atoms with van der Waals surface area (Å²) in [6.45, 7) is 6.13. The second-order valence-electron chi connectivity index (χ2n) is 4.22. The smallest absolute Gasteiger partial charge is 0.0526 e. The largest absolute Gasteiger partial charge is 0.393 e. The topological polar surface area (TPSA) is 26.7 Å². The van der Waals surface area contributed by atoms with E-state index in [1.165, 1.54) is 0 Å². The van der Waals surface area contributed by atoms with E-state index in [4.69, 9.17) is 0 Å². The van der Waals surface area contributed by atoms with Crippen LogP contribution < -0.4 is 0 Å². The standard InChI is InChI=1S/C10H24N2O/c1-9(8-10(2)13)12(5)7-6-11(3)4/h9-10,13H,6-8H2,1-5H3. The molecule has 0 rings (SSSR count). The molecule has 13 heavy (non-hydrogen) atoms. The Balaban J connectivity index is 3.62. The SMILES string of the molecule is CC(O)CC(C)N(C)CCN(C)C. The van der Waals surface area contributed by atoms with Gasteiger partial charge in [-0.05, 0) is 41.4 Å². The third kappa shape index (κ3) is 6.99. The van der Waals surface area contributed by atoms with Crippen LogP contribution in [0.2, 0.25) is 0 Å². The predicted octanol–water partition coefficient (Wildman–Crippen LogP) is 0.639. The molecule has 0 aliphatic heterocycles. The van der Waals surface area contributed by atoms with Gasteiger partial charge in [-0.25, -0.2) is 0 Å². The number of likely N-dealkylation sites (N-methyl/N-ethyl adjacent to an activating group) is 2. The van der Waals surface area contributed by atoms with Crippen molar-refractivity contribution in [1.29, 1.82) is 0 Å². The molecule has 0 fully saturated rings. The summed E-state index contributed by atoms with van der Waals surface area (Å²) in [5, 5.41) is 9.21. The Kier molecular flexibility index (Phi) is 6.29. The normalized spacial score (nSPS) is 16.6. The van der Waals surface area contributed by atoms with Gasteiger partial charge in [0.15, 0.2) is 0 Å². The van der Waals surface area contributed by atoms with Crippen molar-refractivity contribution in [1.82, 2.24) is 9.80 Å². The molecule has 2 atom stereocenters. The molecule has 0 bridgehead atoms. The zero-order valence-corrected chi connectivity index (χ0v) is 9.62. The van der Waals surface area contributed by atoms with Crippen LogP contribution in [0.1, 0.15) is 20.3 Å². The van der Waals surface area contributed by atoms with Crippen molar-refractivity contribution in [3.63, 3.8) is 0 Å². The van der Waals surface area contributed by atoms with Crippen LogP contribution in [0, 0.1) is 0 Å². The molecular formula is C10H24N2O. The molecule has 2 unspecified atom stereocenters. The van der Waals surface area contributed by atoms with Gasteiger partial charge in [0, 0.05) is 19.1 Å². The third-order valence-corrected chi connectivity index (χ3v) is 2.33. The van der Waals surface area contributed by atoms with E-state index in [9.17, 15) is 5.11 Å². The van der Waals surface area contributed by atoms with Crippen molar-refractivity contribution >= 4 is 0 Å². The summed E-state index contributed by atoms with van der Waals surface area (Å²) in [7, 11) is 6.26. The number of nitrogens with zero attached hydrogens (tertiary/aromatic N) is 2. The number of rotatable bonds is 6. The number of hydrogen-bond donors (Lipinski definition) is 1. The van der Waals surface area contributed by atoms with Crippen LogP contribution in [0.3, 0.4) is 0 Å². The molecular weight excluding hydrogens is 164 g/mol. The van der Waals surface area contributed by atoms with Gasteiger partial charge in [0.2, 0.25) is 0 Å². The van der Waals surface area contributed by atoms with Crippen LogP contribution in [0.5, 0.6) is 0 Å². The monoisotopic (exact) mass is 188 g/mol. The summed E-state index contributed by atoms with van der Waals surface area (Å²) in [5.74, 6) is 0. The van der Waals surface area contributed by atoms with E-state index in [0.29, 0.717) is 6.04 Å². The summed E-state index contributed by atoms with van der Waals surface area (Å²) < 4.78 is 0. The Morgan fingerprint density at radius 3 is 2.00 bits per heavy atom. The van der Waals surface area contributed by atoms with E-state index in [1.54, 1.807) is 0 Å². The van der Waals surface area contributed by atoms with Crippen molar-refractivity contribution in [2.75, 3.05) is 34.2 Å². The minimum Gasteiger partial charge on any atom is -0.393 e. The first-order valence-electron chi connectivity index (χ1n) is 4.96. The molecule has 80 valence electrons. The predicted molar refractivity (Wildman–Crippen MR) is 56.9 cm³/mol. The average molecular weight is 188 g/mol.